The van der Waals surface area contributed by atoms with Gasteiger partial charge in [0.25, 0.3) is 0 Å². The van der Waals surface area contributed by atoms with Gasteiger partial charge in [0.05, 0.1) is 18.7 Å². The van der Waals surface area contributed by atoms with Gasteiger partial charge in [-0.15, -0.1) is 0 Å². The molecule has 0 aliphatic rings. The van der Waals surface area contributed by atoms with Gasteiger partial charge >= 0.3 is 14.8 Å². The Bertz CT molecular complexity index is 825. The first-order valence-electron chi connectivity index (χ1n) is 9.65. The molecule has 1 aromatic heterocycles. The minimum atomic E-state index is -2.26. The maximum absolute atomic E-state index is 11.3. The second kappa shape index (κ2) is 11.5. The number of hydrogen-bond acceptors (Lipinski definition) is 8. The molecule has 0 saturated carbocycles. The molecule has 1 heterocycles. The Kier molecular flexibility index (Phi) is 9.33. The van der Waals surface area contributed by atoms with E-state index in [9.17, 15) is 9.69 Å². The van der Waals surface area contributed by atoms with E-state index in [4.69, 9.17) is 23.3 Å². The second-order valence-electron chi connectivity index (χ2n) is 7.25. The first-order chi connectivity index (χ1) is 14.2. The molecule has 0 fully saturated rings. The lowest BCUT2D eigenvalue weighted by molar-refractivity contribution is -0.0174. The van der Waals surface area contributed by atoms with Gasteiger partial charge in [0, 0.05) is 24.2 Å². The summed E-state index contributed by atoms with van der Waals surface area (Å²) in [6.07, 6.45) is 1.19. The van der Waals surface area contributed by atoms with Gasteiger partial charge in [0.15, 0.2) is 0 Å². The van der Waals surface area contributed by atoms with E-state index in [1.807, 2.05) is 43.1 Å². The predicted octanol–water partition coefficient (Wildman–Crippen LogP) is 4.04. The zero-order valence-corrected chi connectivity index (χ0v) is 19.2. The van der Waals surface area contributed by atoms with E-state index in [1.165, 1.54) is 5.56 Å². The largest absolute Gasteiger partial charge is 0.510 e. The van der Waals surface area contributed by atoms with E-state index in [2.05, 4.69) is 4.90 Å². The van der Waals surface area contributed by atoms with Crippen LogP contribution in [-0.2, 0) is 24.9 Å². The molecular formula is C20H31N2O7P. The normalized spacial score (nSPS) is 13.6. The molecule has 0 spiro atoms. The van der Waals surface area contributed by atoms with Gasteiger partial charge in [0.1, 0.15) is 12.0 Å². The van der Waals surface area contributed by atoms with E-state index in [1.54, 1.807) is 27.9 Å². The zero-order valence-electron chi connectivity index (χ0n) is 18.3. The van der Waals surface area contributed by atoms with Crippen LogP contribution in [0.4, 0.5) is 4.79 Å². The molecule has 9 nitrogen and oxygen atoms in total. The van der Waals surface area contributed by atoms with Crippen molar-refractivity contribution in [2.45, 2.75) is 39.5 Å². The Balaban J connectivity index is 2.07. The van der Waals surface area contributed by atoms with Crippen molar-refractivity contribution in [2.75, 3.05) is 34.5 Å². The van der Waals surface area contributed by atoms with Crippen LogP contribution in [0.25, 0.3) is 10.9 Å². The molecule has 0 radical (unpaired) electrons. The average Bonchev–Trinajstić information content (AvgIpc) is 3.03. The third-order valence-electron chi connectivity index (χ3n) is 4.26. The molecule has 30 heavy (non-hydrogen) atoms. The Morgan fingerprint density at radius 2 is 2.00 bits per heavy atom. The summed E-state index contributed by atoms with van der Waals surface area (Å²) in [5.41, 5.74) is 2.09. The number of fused-ring (bicyclic) bond motifs is 1. The van der Waals surface area contributed by atoms with Crippen LogP contribution in [0.2, 0.25) is 0 Å². The Morgan fingerprint density at radius 1 is 1.27 bits per heavy atom. The van der Waals surface area contributed by atoms with Crippen LogP contribution >= 0.6 is 8.60 Å². The molecule has 0 amide bonds. The lowest BCUT2D eigenvalue weighted by Crippen LogP contribution is -2.15. The van der Waals surface area contributed by atoms with E-state index < -0.39 is 27.8 Å². The molecule has 1 aromatic carbocycles. The van der Waals surface area contributed by atoms with Crippen molar-refractivity contribution >= 4 is 25.7 Å². The topological polar surface area (TPSA) is 91.6 Å². The quantitative estimate of drug-likeness (QED) is 0.317. The van der Waals surface area contributed by atoms with Gasteiger partial charge in [-0.2, -0.15) is 0 Å². The van der Waals surface area contributed by atoms with Crippen LogP contribution in [0.1, 0.15) is 32.6 Å². The lowest BCUT2D eigenvalue weighted by Gasteiger charge is -2.19. The summed E-state index contributed by atoms with van der Waals surface area (Å²) in [6, 6.07) is 5.88. The molecule has 2 unspecified atom stereocenters. The molecule has 0 bridgehead atoms. The number of rotatable bonds is 11. The first kappa shape index (κ1) is 24.4. The number of carbonyl (C=O) groups is 1. The molecule has 2 rings (SSSR count). The number of hydrogen-bond donors (Lipinski definition) is 1. The Morgan fingerprint density at radius 3 is 2.63 bits per heavy atom. The molecular weight excluding hydrogens is 411 g/mol. The molecule has 10 heteroatoms. The van der Waals surface area contributed by atoms with Crippen molar-refractivity contribution in [3.8, 4) is 5.75 Å². The average molecular weight is 442 g/mol. The van der Waals surface area contributed by atoms with Crippen molar-refractivity contribution in [3.05, 3.63) is 30.0 Å². The number of likely N-dealkylation sites (N-methyl/N-ethyl adjacent to an activating group) is 1. The Hall–Kier alpha value is -1.90. The lowest BCUT2D eigenvalue weighted by atomic mass is 10.1. The van der Waals surface area contributed by atoms with E-state index in [0.29, 0.717) is 0 Å². The van der Waals surface area contributed by atoms with Crippen LogP contribution in [-0.4, -0.2) is 61.2 Å². The van der Waals surface area contributed by atoms with Crippen LogP contribution in [0, 0.1) is 0 Å². The van der Waals surface area contributed by atoms with Gasteiger partial charge in [-0.3, -0.25) is 9.05 Å². The van der Waals surface area contributed by atoms with Gasteiger partial charge in [-0.1, -0.05) is 0 Å². The molecule has 2 aromatic rings. The van der Waals surface area contributed by atoms with Crippen molar-refractivity contribution in [3.63, 3.8) is 0 Å². The van der Waals surface area contributed by atoms with E-state index in [-0.39, 0.29) is 6.10 Å². The molecule has 0 aliphatic carbocycles. The fourth-order valence-electron chi connectivity index (χ4n) is 2.83. The van der Waals surface area contributed by atoms with E-state index >= 15 is 0 Å². The van der Waals surface area contributed by atoms with E-state index in [0.717, 1.165) is 29.6 Å². The summed E-state index contributed by atoms with van der Waals surface area (Å²) >= 11 is 0. The molecule has 168 valence electrons. The summed E-state index contributed by atoms with van der Waals surface area (Å²) in [5.74, 6) is 0.729. The predicted molar refractivity (Wildman–Crippen MR) is 114 cm³/mol. The molecule has 0 aliphatic heterocycles. The minimum absolute atomic E-state index is 0.301. The smallest absolute Gasteiger partial charge is 0.497 e. The third kappa shape index (κ3) is 7.11. The van der Waals surface area contributed by atoms with Crippen LogP contribution < -0.4 is 4.74 Å². The number of ether oxygens (including phenoxy) is 3. The van der Waals surface area contributed by atoms with Crippen LogP contribution in [0.15, 0.2) is 24.4 Å². The summed E-state index contributed by atoms with van der Waals surface area (Å²) in [4.78, 5) is 23.5. The summed E-state index contributed by atoms with van der Waals surface area (Å²) in [7, 11) is 3.42. The highest BCUT2D eigenvalue weighted by Gasteiger charge is 2.19. The number of methoxy groups -OCH3 is 1. The number of nitrogens with zero attached hydrogens (tertiary/aromatic N) is 2. The molecule has 0 saturated heterocycles. The molecule has 1 N–H and O–H groups in total. The second-order valence-corrected chi connectivity index (χ2v) is 8.19. The highest BCUT2D eigenvalue weighted by atomic mass is 31.2. The van der Waals surface area contributed by atoms with Crippen molar-refractivity contribution < 1.29 is 32.9 Å². The van der Waals surface area contributed by atoms with Gasteiger partial charge in [0.2, 0.25) is 6.79 Å². The summed E-state index contributed by atoms with van der Waals surface area (Å²) in [6.45, 7) is 5.65. The number of carbonyl (C=O) groups excluding carboxylic acids is 1. The van der Waals surface area contributed by atoms with Gasteiger partial charge in [-0.05, 0) is 59.0 Å². The van der Waals surface area contributed by atoms with Gasteiger partial charge < -0.3 is 28.6 Å². The zero-order chi connectivity index (χ0) is 22.3. The fraction of sp³-hybridized carbons (Fsp3) is 0.550. The van der Waals surface area contributed by atoms with Crippen molar-refractivity contribution in [1.82, 2.24) is 9.47 Å². The highest BCUT2D eigenvalue weighted by molar-refractivity contribution is 7.40. The maximum Gasteiger partial charge on any atom is 0.510 e. The van der Waals surface area contributed by atoms with Crippen LogP contribution in [0.3, 0.4) is 0 Å². The van der Waals surface area contributed by atoms with Gasteiger partial charge in [-0.25, -0.2) is 4.79 Å². The maximum atomic E-state index is 11.3. The summed E-state index contributed by atoms with van der Waals surface area (Å²) in [5, 5.41) is 1.09. The summed E-state index contributed by atoms with van der Waals surface area (Å²) < 4.78 is 27.5. The standard InChI is InChI=1S/C20H31N2O7P/c1-14(2)28-20(23)26-13-27-30(24)29-15(3)22-12-16(9-10-21(4)5)18-8-7-17(25-6)11-19(18)22/h7-8,11-12,14-15,24H,9-10,13H2,1-6H3. The highest BCUT2D eigenvalue weighted by Crippen LogP contribution is 2.39. The number of aromatic nitrogens is 1. The van der Waals surface area contributed by atoms with Crippen molar-refractivity contribution in [2.24, 2.45) is 0 Å². The third-order valence-corrected chi connectivity index (χ3v) is 5.07. The Labute approximate surface area is 178 Å². The fourth-order valence-corrected chi connectivity index (χ4v) is 3.40. The minimum Gasteiger partial charge on any atom is -0.497 e. The first-order valence-corrected chi connectivity index (χ1v) is 10.8. The van der Waals surface area contributed by atoms with Crippen LogP contribution in [0.5, 0.6) is 5.75 Å². The SMILES string of the molecule is COc1ccc2c(CCN(C)C)cn(C(C)OP(O)OCOC(=O)OC(C)C)c2c1. The monoisotopic (exact) mass is 442 g/mol. The number of benzene rings is 1. The molecule has 2 atom stereocenters. The van der Waals surface area contributed by atoms with Crippen molar-refractivity contribution in [1.29, 1.82) is 0 Å².